The fraction of sp³-hybridized carbons (Fsp3) is 0.667. The summed E-state index contributed by atoms with van der Waals surface area (Å²) in [7, 11) is 0. The van der Waals surface area contributed by atoms with Gasteiger partial charge in [-0.25, -0.2) is 4.79 Å². The van der Waals surface area contributed by atoms with Crippen molar-refractivity contribution >= 4 is 0 Å². The minimum Gasteiger partial charge on any atom is -0.296 e. The molecule has 1 aromatic rings. The van der Waals surface area contributed by atoms with E-state index in [9.17, 15) is 4.79 Å². The minimum atomic E-state index is -0.382. The Bertz CT molecular complexity index is 272. The monoisotopic (exact) mass is 142 g/mol. The standard InChI is InChI=1S/C6H10N2O2/c1-4(2)8-5(3)7-10-6(8)9/h4H,1-3H3. The molecule has 0 N–H and O–H groups in total. The first-order chi connectivity index (χ1) is 4.63. The first kappa shape index (κ1) is 7.05. The number of nitrogens with zero attached hydrogens (tertiary/aromatic N) is 2. The Hall–Kier alpha value is -1.06. The molecule has 0 amide bonds. The molecular formula is C6H10N2O2. The van der Waals surface area contributed by atoms with Gasteiger partial charge in [0, 0.05) is 6.04 Å². The lowest BCUT2D eigenvalue weighted by atomic mass is 10.4. The van der Waals surface area contributed by atoms with Crippen LogP contribution in [-0.2, 0) is 0 Å². The Balaban J connectivity index is 3.23. The van der Waals surface area contributed by atoms with Gasteiger partial charge in [-0.15, -0.1) is 0 Å². The maximum atomic E-state index is 10.8. The van der Waals surface area contributed by atoms with Gasteiger partial charge in [0.2, 0.25) is 0 Å². The quantitative estimate of drug-likeness (QED) is 0.580. The van der Waals surface area contributed by atoms with Crippen molar-refractivity contribution in [3.8, 4) is 0 Å². The molecule has 1 aromatic heterocycles. The molecule has 0 aliphatic carbocycles. The molecule has 4 heteroatoms. The van der Waals surface area contributed by atoms with Crippen molar-refractivity contribution in [1.29, 1.82) is 0 Å². The maximum absolute atomic E-state index is 10.8. The summed E-state index contributed by atoms with van der Waals surface area (Å²) in [5.41, 5.74) is 0. The predicted octanol–water partition coefficient (Wildman–Crippen LogP) is 0.726. The smallest absolute Gasteiger partial charge is 0.296 e. The zero-order valence-electron chi connectivity index (χ0n) is 6.29. The fourth-order valence-corrected chi connectivity index (χ4v) is 0.910. The van der Waals surface area contributed by atoms with Crippen molar-refractivity contribution in [3.63, 3.8) is 0 Å². The second kappa shape index (κ2) is 2.28. The molecule has 0 spiro atoms. The Labute approximate surface area is 58.4 Å². The number of hydrogen-bond acceptors (Lipinski definition) is 3. The van der Waals surface area contributed by atoms with Gasteiger partial charge in [0.05, 0.1) is 0 Å². The van der Waals surface area contributed by atoms with Gasteiger partial charge in [0.15, 0.2) is 5.82 Å². The van der Waals surface area contributed by atoms with Gasteiger partial charge in [-0.2, -0.15) is 0 Å². The maximum Gasteiger partial charge on any atom is 0.441 e. The summed E-state index contributed by atoms with van der Waals surface area (Å²) in [4.78, 5) is 10.8. The van der Waals surface area contributed by atoms with Crippen LogP contribution in [0, 0.1) is 6.92 Å². The van der Waals surface area contributed by atoms with Crippen LogP contribution in [-0.4, -0.2) is 9.72 Å². The van der Waals surface area contributed by atoms with Crippen molar-refractivity contribution in [2.45, 2.75) is 26.8 Å². The Morgan fingerprint density at radius 2 is 2.20 bits per heavy atom. The summed E-state index contributed by atoms with van der Waals surface area (Å²) in [5, 5.41) is 3.51. The Kier molecular flexibility index (Phi) is 1.61. The Morgan fingerprint density at radius 1 is 1.60 bits per heavy atom. The summed E-state index contributed by atoms with van der Waals surface area (Å²) in [6, 6.07) is 0.124. The second-order valence-electron chi connectivity index (χ2n) is 2.46. The molecule has 10 heavy (non-hydrogen) atoms. The van der Waals surface area contributed by atoms with E-state index in [2.05, 4.69) is 9.68 Å². The molecule has 1 heterocycles. The number of rotatable bonds is 1. The average Bonchev–Trinajstić information content (AvgIpc) is 2.11. The van der Waals surface area contributed by atoms with Gasteiger partial charge < -0.3 is 0 Å². The topological polar surface area (TPSA) is 48.0 Å². The largest absolute Gasteiger partial charge is 0.441 e. The minimum absolute atomic E-state index is 0.124. The molecular weight excluding hydrogens is 132 g/mol. The lowest BCUT2D eigenvalue weighted by molar-refractivity contribution is 0.369. The molecule has 0 aliphatic rings. The molecule has 4 nitrogen and oxygen atoms in total. The fourth-order valence-electron chi connectivity index (χ4n) is 0.910. The van der Waals surface area contributed by atoms with Crippen LogP contribution in [0.25, 0.3) is 0 Å². The van der Waals surface area contributed by atoms with Crippen LogP contribution in [0.5, 0.6) is 0 Å². The van der Waals surface area contributed by atoms with Crippen LogP contribution in [0.1, 0.15) is 25.7 Å². The molecule has 0 saturated heterocycles. The lowest BCUT2D eigenvalue weighted by Gasteiger charge is -2.02. The summed E-state index contributed by atoms with van der Waals surface area (Å²) in [6.07, 6.45) is 0. The van der Waals surface area contributed by atoms with Crippen LogP contribution in [0.2, 0.25) is 0 Å². The van der Waals surface area contributed by atoms with E-state index in [1.165, 1.54) is 4.57 Å². The van der Waals surface area contributed by atoms with E-state index in [1.807, 2.05) is 13.8 Å². The highest BCUT2D eigenvalue weighted by molar-refractivity contribution is 4.80. The molecule has 1 rings (SSSR count). The van der Waals surface area contributed by atoms with E-state index in [4.69, 9.17) is 0 Å². The highest BCUT2D eigenvalue weighted by Gasteiger charge is 2.07. The molecule has 0 aromatic carbocycles. The molecule has 0 fully saturated rings. The summed E-state index contributed by atoms with van der Waals surface area (Å²) in [6.45, 7) is 5.56. The molecule has 0 atom stereocenters. The highest BCUT2D eigenvalue weighted by Crippen LogP contribution is 2.01. The van der Waals surface area contributed by atoms with Gasteiger partial charge in [0.1, 0.15) is 0 Å². The highest BCUT2D eigenvalue weighted by atomic mass is 16.5. The zero-order chi connectivity index (χ0) is 7.72. The molecule has 56 valence electrons. The van der Waals surface area contributed by atoms with E-state index in [1.54, 1.807) is 6.92 Å². The van der Waals surface area contributed by atoms with Crippen LogP contribution in [0.15, 0.2) is 9.32 Å². The summed E-state index contributed by atoms with van der Waals surface area (Å²) < 4.78 is 5.91. The van der Waals surface area contributed by atoms with Gasteiger partial charge in [-0.05, 0) is 20.8 Å². The first-order valence-corrected chi connectivity index (χ1v) is 3.17. The van der Waals surface area contributed by atoms with Crippen molar-refractivity contribution < 1.29 is 4.52 Å². The van der Waals surface area contributed by atoms with Gasteiger partial charge in [0.25, 0.3) is 0 Å². The van der Waals surface area contributed by atoms with Gasteiger partial charge in [-0.3, -0.25) is 9.09 Å². The molecule has 0 aliphatic heterocycles. The average molecular weight is 142 g/mol. The van der Waals surface area contributed by atoms with Crippen molar-refractivity contribution in [2.75, 3.05) is 0 Å². The molecule has 0 bridgehead atoms. The molecule has 0 unspecified atom stereocenters. The van der Waals surface area contributed by atoms with Crippen LogP contribution >= 0.6 is 0 Å². The molecule has 0 radical (unpaired) electrons. The van der Waals surface area contributed by atoms with Gasteiger partial charge in [-0.1, -0.05) is 5.16 Å². The van der Waals surface area contributed by atoms with E-state index in [0.29, 0.717) is 5.82 Å². The normalized spacial score (nSPS) is 10.8. The SMILES string of the molecule is Cc1noc(=O)n1C(C)C. The summed E-state index contributed by atoms with van der Waals surface area (Å²) >= 11 is 0. The number of hydrogen-bond donors (Lipinski definition) is 0. The molecule has 0 saturated carbocycles. The number of aryl methyl sites for hydroxylation is 1. The third-order valence-electron chi connectivity index (χ3n) is 1.32. The van der Waals surface area contributed by atoms with E-state index in [0.717, 1.165) is 0 Å². The third kappa shape index (κ3) is 0.964. The zero-order valence-corrected chi connectivity index (χ0v) is 6.29. The van der Waals surface area contributed by atoms with Crippen molar-refractivity contribution in [2.24, 2.45) is 0 Å². The predicted molar refractivity (Wildman–Crippen MR) is 35.9 cm³/mol. The van der Waals surface area contributed by atoms with E-state index < -0.39 is 0 Å². The lowest BCUT2D eigenvalue weighted by Crippen LogP contribution is -2.17. The Morgan fingerprint density at radius 3 is 2.40 bits per heavy atom. The second-order valence-corrected chi connectivity index (χ2v) is 2.46. The van der Waals surface area contributed by atoms with Crippen LogP contribution in [0.3, 0.4) is 0 Å². The van der Waals surface area contributed by atoms with E-state index in [-0.39, 0.29) is 11.8 Å². The van der Waals surface area contributed by atoms with E-state index >= 15 is 0 Å². The summed E-state index contributed by atoms with van der Waals surface area (Å²) in [5.74, 6) is 0.243. The van der Waals surface area contributed by atoms with Crippen LogP contribution in [0.4, 0.5) is 0 Å². The van der Waals surface area contributed by atoms with Crippen molar-refractivity contribution in [1.82, 2.24) is 9.72 Å². The van der Waals surface area contributed by atoms with Gasteiger partial charge >= 0.3 is 5.76 Å². The van der Waals surface area contributed by atoms with Crippen molar-refractivity contribution in [3.05, 3.63) is 16.4 Å². The van der Waals surface area contributed by atoms with Crippen LogP contribution < -0.4 is 5.76 Å². The number of aromatic nitrogens is 2. The third-order valence-corrected chi connectivity index (χ3v) is 1.32. The first-order valence-electron chi connectivity index (χ1n) is 3.17.